The van der Waals surface area contributed by atoms with Gasteiger partial charge in [-0.05, 0) is 31.6 Å². The lowest BCUT2D eigenvalue weighted by Crippen LogP contribution is -2.30. The smallest absolute Gasteiger partial charge is 0.462 e. The predicted molar refractivity (Wildman–Crippen MR) is 358 cm³/mol. The van der Waals surface area contributed by atoms with Crippen molar-refractivity contribution in [1.82, 2.24) is 0 Å². The molecule has 0 aromatic heterocycles. The van der Waals surface area contributed by atoms with Crippen molar-refractivity contribution < 1.29 is 80.2 Å². The molecule has 0 aliphatic carbocycles. The number of carbonyl (C=O) groups is 4. The summed E-state index contributed by atoms with van der Waals surface area (Å²) in [5.41, 5.74) is 0. The first-order valence-corrected chi connectivity index (χ1v) is 39.6. The lowest BCUT2D eigenvalue weighted by atomic mass is 10.0. The van der Waals surface area contributed by atoms with Gasteiger partial charge in [0.15, 0.2) is 12.2 Å². The summed E-state index contributed by atoms with van der Waals surface area (Å²) in [6, 6.07) is 0. The first-order valence-electron chi connectivity index (χ1n) is 36.6. The van der Waals surface area contributed by atoms with E-state index in [9.17, 15) is 43.2 Å². The molecule has 0 fully saturated rings. The average molecular weight is 1310 g/mol. The van der Waals surface area contributed by atoms with E-state index in [1.54, 1.807) is 0 Å². The zero-order valence-electron chi connectivity index (χ0n) is 57.6. The Morgan fingerprint density at radius 3 is 0.764 bits per heavy atom. The lowest BCUT2D eigenvalue weighted by Gasteiger charge is -2.21. The van der Waals surface area contributed by atoms with Gasteiger partial charge in [-0.25, -0.2) is 9.13 Å². The number of phosphoric acid groups is 2. The quantitative estimate of drug-likeness (QED) is 0.0222. The average Bonchev–Trinajstić information content (AvgIpc) is 3.56. The van der Waals surface area contributed by atoms with Gasteiger partial charge in [-0.1, -0.05) is 311 Å². The fourth-order valence-corrected chi connectivity index (χ4v) is 12.2. The predicted octanol–water partition coefficient (Wildman–Crippen LogP) is 20.1. The third-order valence-corrected chi connectivity index (χ3v) is 18.2. The van der Waals surface area contributed by atoms with E-state index in [2.05, 4.69) is 34.6 Å². The molecule has 89 heavy (non-hydrogen) atoms. The topological polar surface area (TPSA) is 237 Å². The van der Waals surface area contributed by atoms with Crippen molar-refractivity contribution in [2.24, 2.45) is 5.92 Å². The monoisotopic (exact) mass is 1310 g/mol. The van der Waals surface area contributed by atoms with Gasteiger partial charge >= 0.3 is 39.5 Å². The molecule has 0 aromatic rings. The van der Waals surface area contributed by atoms with Gasteiger partial charge in [-0.15, -0.1) is 0 Å². The van der Waals surface area contributed by atoms with Gasteiger partial charge in [0, 0.05) is 25.7 Å². The first-order chi connectivity index (χ1) is 43.0. The Labute approximate surface area is 543 Å². The summed E-state index contributed by atoms with van der Waals surface area (Å²) in [6.07, 6.45) is 49.8. The molecule has 0 saturated heterocycles. The van der Waals surface area contributed by atoms with E-state index in [0.717, 1.165) is 95.8 Å². The number of hydrogen-bond donors (Lipinski definition) is 3. The number of aliphatic hydroxyl groups excluding tert-OH is 1. The SMILES string of the molecule is CCCCCCCCCCCCCCCC(=O)OC[C@H](COP(=O)(O)OC[C@@H](O)COP(=O)(O)OC[C@@H](COC(=O)CCCCCCCCCCC)OC(=O)CCCCCCCCCCCC)OC(=O)CCCCCCCCCCCCCCCCC(C)C. The molecule has 0 saturated carbocycles. The van der Waals surface area contributed by atoms with Crippen molar-refractivity contribution in [3.05, 3.63) is 0 Å². The summed E-state index contributed by atoms with van der Waals surface area (Å²) in [7, 11) is -9.89. The first kappa shape index (κ1) is 87.1. The number of rotatable bonds is 70. The maximum absolute atomic E-state index is 13.0. The number of aliphatic hydroxyl groups is 1. The minimum absolute atomic E-state index is 0.107. The molecule has 0 heterocycles. The van der Waals surface area contributed by atoms with Gasteiger partial charge in [0.2, 0.25) is 0 Å². The molecule has 0 spiro atoms. The van der Waals surface area contributed by atoms with Crippen LogP contribution < -0.4 is 0 Å². The van der Waals surface area contributed by atoms with Crippen LogP contribution in [0.5, 0.6) is 0 Å². The molecule has 0 aromatic carbocycles. The van der Waals surface area contributed by atoms with Crippen LogP contribution in [0, 0.1) is 5.92 Å². The molecular weight excluding hydrogens is 1170 g/mol. The van der Waals surface area contributed by atoms with Gasteiger partial charge < -0.3 is 33.8 Å². The van der Waals surface area contributed by atoms with Crippen molar-refractivity contribution in [2.45, 2.75) is 380 Å². The highest BCUT2D eigenvalue weighted by atomic mass is 31.2. The van der Waals surface area contributed by atoms with Gasteiger partial charge in [-0.3, -0.25) is 37.3 Å². The summed E-state index contributed by atoms with van der Waals surface area (Å²) >= 11 is 0. The van der Waals surface area contributed by atoms with Crippen LogP contribution in [0.2, 0.25) is 0 Å². The highest BCUT2D eigenvalue weighted by molar-refractivity contribution is 7.47. The minimum Gasteiger partial charge on any atom is -0.462 e. The van der Waals surface area contributed by atoms with Crippen molar-refractivity contribution in [1.29, 1.82) is 0 Å². The molecule has 528 valence electrons. The van der Waals surface area contributed by atoms with E-state index in [-0.39, 0.29) is 25.7 Å². The Balaban J connectivity index is 5.21. The summed E-state index contributed by atoms with van der Waals surface area (Å²) in [6.45, 7) is 7.25. The second kappa shape index (κ2) is 63.5. The van der Waals surface area contributed by atoms with Crippen LogP contribution in [-0.2, 0) is 65.4 Å². The van der Waals surface area contributed by atoms with Gasteiger partial charge in [0.1, 0.15) is 19.3 Å². The van der Waals surface area contributed by atoms with E-state index in [1.807, 2.05) is 0 Å². The molecule has 17 nitrogen and oxygen atoms in total. The minimum atomic E-state index is -4.95. The van der Waals surface area contributed by atoms with Crippen LogP contribution in [0.1, 0.15) is 362 Å². The second-order valence-corrected chi connectivity index (χ2v) is 28.7. The fourth-order valence-electron chi connectivity index (χ4n) is 10.6. The second-order valence-electron chi connectivity index (χ2n) is 25.7. The molecule has 3 N–H and O–H groups in total. The Hall–Kier alpha value is -1.94. The summed E-state index contributed by atoms with van der Waals surface area (Å²) < 4.78 is 68.2. The third kappa shape index (κ3) is 64.6. The number of phosphoric ester groups is 2. The van der Waals surface area contributed by atoms with Crippen LogP contribution in [-0.4, -0.2) is 96.7 Å². The third-order valence-electron chi connectivity index (χ3n) is 16.3. The number of hydrogen-bond acceptors (Lipinski definition) is 15. The summed E-state index contributed by atoms with van der Waals surface area (Å²) in [5.74, 6) is -1.33. The van der Waals surface area contributed by atoms with Crippen LogP contribution in [0.25, 0.3) is 0 Å². The molecule has 0 rings (SSSR count). The lowest BCUT2D eigenvalue weighted by molar-refractivity contribution is -0.161. The largest absolute Gasteiger partial charge is 0.472 e. The van der Waals surface area contributed by atoms with E-state index in [0.29, 0.717) is 25.7 Å². The number of carbonyl (C=O) groups excluding carboxylic acids is 4. The zero-order valence-corrected chi connectivity index (χ0v) is 59.4. The van der Waals surface area contributed by atoms with Crippen molar-refractivity contribution in [2.75, 3.05) is 39.6 Å². The highest BCUT2D eigenvalue weighted by Gasteiger charge is 2.30. The van der Waals surface area contributed by atoms with Gasteiger partial charge in [0.05, 0.1) is 26.4 Å². The van der Waals surface area contributed by atoms with E-state index in [1.165, 1.54) is 186 Å². The Morgan fingerprint density at radius 2 is 0.517 bits per heavy atom. The summed E-state index contributed by atoms with van der Waals surface area (Å²) in [5, 5.41) is 10.6. The van der Waals surface area contributed by atoms with Crippen molar-refractivity contribution in [3.8, 4) is 0 Å². The van der Waals surface area contributed by atoms with E-state index < -0.39 is 97.5 Å². The normalized spacial score (nSPS) is 14.1. The fraction of sp³-hybridized carbons (Fsp3) is 0.943. The molecule has 5 atom stereocenters. The van der Waals surface area contributed by atoms with Crippen molar-refractivity contribution in [3.63, 3.8) is 0 Å². The molecular formula is C70H136O17P2. The molecule has 2 unspecified atom stereocenters. The van der Waals surface area contributed by atoms with Crippen molar-refractivity contribution >= 4 is 39.5 Å². The Kier molecular flexibility index (Phi) is 62.1. The van der Waals surface area contributed by atoms with Gasteiger partial charge in [-0.2, -0.15) is 0 Å². The standard InChI is InChI=1S/C70H136O17P2/c1-6-9-12-15-18-21-23-26-30-35-39-44-49-54-68(73)81-60-66(87-70(75)56-51-46-41-36-31-28-25-24-27-29-33-37-42-47-52-63(4)5)62-85-89(78,79)83-58-64(71)57-82-88(76,77)84-61-65(59-80-67(72)53-48-43-38-32-20-17-14-11-8-3)86-69(74)55-50-45-40-34-22-19-16-13-10-7-2/h63-66,71H,6-62H2,1-5H3,(H,76,77)(H,78,79)/t64-,65+,66+/m0/s1. The summed E-state index contributed by atoms with van der Waals surface area (Å²) in [4.78, 5) is 72.5. The maximum Gasteiger partial charge on any atom is 0.472 e. The van der Waals surface area contributed by atoms with Crippen LogP contribution in [0.15, 0.2) is 0 Å². The molecule has 19 heteroatoms. The van der Waals surface area contributed by atoms with E-state index in [4.69, 9.17) is 37.0 Å². The Bertz CT molecular complexity index is 1720. The highest BCUT2D eigenvalue weighted by Crippen LogP contribution is 2.45. The zero-order chi connectivity index (χ0) is 65.6. The van der Waals surface area contributed by atoms with Crippen LogP contribution >= 0.6 is 15.6 Å². The number of unbranched alkanes of at least 4 members (excludes halogenated alkanes) is 42. The van der Waals surface area contributed by atoms with E-state index >= 15 is 0 Å². The van der Waals surface area contributed by atoms with Crippen LogP contribution in [0.4, 0.5) is 0 Å². The Morgan fingerprint density at radius 1 is 0.303 bits per heavy atom. The molecule has 0 amide bonds. The molecule has 0 bridgehead atoms. The van der Waals surface area contributed by atoms with Crippen LogP contribution in [0.3, 0.4) is 0 Å². The molecule has 0 aliphatic rings. The molecule has 0 aliphatic heterocycles. The maximum atomic E-state index is 13.0. The molecule has 0 radical (unpaired) electrons. The number of esters is 4. The van der Waals surface area contributed by atoms with Gasteiger partial charge in [0.25, 0.3) is 0 Å². The number of ether oxygens (including phenoxy) is 4.